The van der Waals surface area contributed by atoms with Crippen LogP contribution >= 0.6 is 22.8 Å². The van der Waals surface area contributed by atoms with E-state index in [0.717, 1.165) is 55.8 Å². The Morgan fingerprint density at radius 1 is 0.484 bits per heavy atom. The largest absolute Gasteiger partial charge is 0.463 e. The Balaban J connectivity index is 0.000000213. The van der Waals surface area contributed by atoms with Gasteiger partial charge in [0.1, 0.15) is 83.9 Å². The molecule has 12 N–H and O–H groups in total. The zero-order valence-electron chi connectivity index (χ0n) is 70.3. The minimum absolute atomic E-state index is 0.0528. The number of aliphatic hydroxyl groups is 7. The van der Waals surface area contributed by atoms with Gasteiger partial charge >= 0.3 is 63.5 Å². The summed E-state index contributed by atoms with van der Waals surface area (Å²) in [5, 5.41) is 79.6. The Bertz CT molecular complexity index is 5030. The summed E-state index contributed by atoms with van der Waals surface area (Å²) < 4.78 is 137. The molecule has 44 nitrogen and oxygen atoms in total. The number of H-pyrrole nitrogens is 3. The van der Waals surface area contributed by atoms with Crippen molar-refractivity contribution >= 4 is 46.5 Å². The number of aliphatic hydroxyl groups excluding tert-OH is 6. The third-order valence-corrected chi connectivity index (χ3v) is 25.2. The zero-order chi connectivity index (χ0) is 93.1. The number of hydrogen-bond acceptors (Lipinski definition) is 37. The number of ether oxygens (including phenoxy) is 8. The molecule has 0 aliphatic carbocycles. The molecule has 694 valence electrons. The van der Waals surface area contributed by atoms with E-state index < -0.39 is 215 Å². The second kappa shape index (κ2) is 44.7. The van der Waals surface area contributed by atoms with Gasteiger partial charge in [-0.15, -0.1) is 0 Å². The number of benzene rings is 3. The van der Waals surface area contributed by atoms with E-state index in [1.54, 1.807) is 145 Å². The second-order valence-electron chi connectivity index (χ2n) is 30.6. The number of aromatic amines is 3. The molecule has 7 aromatic rings. The first-order chi connectivity index (χ1) is 59.2. The first-order valence-corrected chi connectivity index (χ1v) is 44.5. The summed E-state index contributed by atoms with van der Waals surface area (Å²) in [5.41, 5.74) is -7.97. The van der Waals surface area contributed by atoms with Crippen molar-refractivity contribution in [3.8, 4) is 17.2 Å². The van der Waals surface area contributed by atoms with Crippen molar-refractivity contribution in [3.05, 3.63) is 213 Å². The minimum Gasteiger partial charge on any atom is -0.463 e. The SMILES string of the molecule is CC(C)OC(=O)[C@H](C)CP(=O)(OC[C@H]1O[C@@H](n2ccc(=O)[nH]c2=O)C(C)(F)[C@H]1O)Oc1ccccc1.CC(C)OC(=O)[C@H](C)CP(=O)(OC[C@H]1O[C@@H](n2ccc(=O)[nH]c2=O)C(C)(O)[C@H]1O)Oc1ccccc1.CO[C@@H]1C(O)[C@H](n2ccc(=O)[nH]c2=O)O[C@@H]1COP(=O)(C[C@@H](C)C(=O)OC(C)C)Oc1ccccc1.O=c1nc(NO)ccn1[C@@H]1O[C@H](CO)[C@H](O)C1O. The van der Waals surface area contributed by atoms with Crippen LogP contribution in [0.2, 0.25) is 0 Å². The van der Waals surface area contributed by atoms with Crippen LogP contribution in [0.1, 0.15) is 101 Å². The van der Waals surface area contributed by atoms with Crippen LogP contribution in [0.25, 0.3) is 0 Å². The number of anilines is 1. The summed E-state index contributed by atoms with van der Waals surface area (Å²) in [5.74, 6) is -3.56. The van der Waals surface area contributed by atoms with Crippen LogP contribution in [0, 0.1) is 17.8 Å². The highest BCUT2D eigenvalue weighted by atomic mass is 31.2. The van der Waals surface area contributed by atoms with Gasteiger partial charge in [0.25, 0.3) is 16.7 Å². The molecule has 0 amide bonds. The summed E-state index contributed by atoms with van der Waals surface area (Å²) in [6.45, 7) is 15.1. The van der Waals surface area contributed by atoms with Crippen LogP contribution in [0.3, 0.4) is 0 Å². The Morgan fingerprint density at radius 2 is 0.833 bits per heavy atom. The lowest BCUT2D eigenvalue weighted by Gasteiger charge is -2.27. The minimum atomic E-state index is -4.05. The molecule has 8 heterocycles. The first kappa shape index (κ1) is 102. The molecule has 48 heteroatoms. The van der Waals surface area contributed by atoms with Gasteiger partial charge < -0.3 is 87.2 Å². The van der Waals surface area contributed by atoms with Gasteiger partial charge in [0.05, 0.1) is 81.0 Å². The number of rotatable bonds is 34. The van der Waals surface area contributed by atoms with Gasteiger partial charge in [-0.2, -0.15) is 4.98 Å². The molecule has 0 bridgehead atoms. The van der Waals surface area contributed by atoms with Crippen molar-refractivity contribution in [1.29, 1.82) is 0 Å². The molecule has 0 saturated carbocycles. The van der Waals surface area contributed by atoms with Gasteiger partial charge in [-0.25, -0.2) is 37.3 Å². The van der Waals surface area contributed by atoms with E-state index in [-0.39, 0.29) is 66.5 Å². The summed E-state index contributed by atoms with van der Waals surface area (Å²) in [4.78, 5) is 129. The van der Waals surface area contributed by atoms with Gasteiger partial charge in [-0.3, -0.25) is 86.2 Å². The fourth-order valence-corrected chi connectivity index (χ4v) is 18.5. The molecule has 4 saturated heterocycles. The summed E-state index contributed by atoms with van der Waals surface area (Å²) in [6, 6.07) is 29.2. The fraction of sp³-hybridized carbons (Fsp3) is 0.526. The lowest BCUT2D eigenvalue weighted by Crippen LogP contribution is -2.46. The average Bonchev–Trinajstić information content (AvgIpc) is 1.62. The Kier molecular flexibility index (Phi) is 36.1. The predicted molar refractivity (Wildman–Crippen MR) is 439 cm³/mol. The molecular formula is C78H105FN9O35P3. The highest BCUT2D eigenvalue weighted by Gasteiger charge is 2.57. The number of carbonyl (C=O) groups excluding carboxylic acids is 3. The van der Waals surface area contributed by atoms with Crippen molar-refractivity contribution in [2.75, 3.05) is 57.5 Å². The quantitative estimate of drug-likeness (QED) is 0.0119. The topological polar surface area (TPSA) is 605 Å². The maximum absolute atomic E-state index is 15.4. The highest BCUT2D eigenvalue weighted by molar-refractivity contribution is 7.55. The lowest BCUT2D eigenvalue weighted by molar-refractivity contribution is -0.152. The molecule has 4 aliphatic heterocycles. The van der Waals surface area contributed by atoms with E-state index in [1.165, 1.54) is 46.3 Å². The molecule has 4 aromatic heterocycles. The van der Waals surface area contributed by atoms with Crippen molar-refractivity contribution in [2.24, 2.45) is 17.8 Å². The maximum Gasteiger partial charge on any atom is 0.380 e. The highest BCUT2D eigenvalue weighted by Crippen LogP contribution is 2.54. The first-order valence-electron chi connectivity index (χ1n) is 39.3. The van der Waals surface area contributed by atoms with Gasteiger partial charge in [0.15, 0.2) is 36.4 Å². The summed E-state index contributed by atoms with van der Waals surface area (Å²) >= 11 is 0. The number of alkyl halides is 1. The molecule has 0 radical (unpaired) electrons. The number of carbonyl (C=O) groups is 3. The molecular weight excluding hydrogens is 1730 g/mol. The number of aromatic nitrogens is 8. The molecule has 7 unspecified atom stereocenters. The summed E-state index contributed by atoms with van der Waals surface area (Å²) in [6.07, 6.45) is -15.5. The van der Waals surface area contributed by atoms with Crippen molar-refractivity contribution in [3.63, 3.8) is 0 Å². The lowest BCUT2D eigenvalue weighted by atomic mass is 9.96. The van der Waals surface area contributed by atoms with Gasteiger partial charge in [-0.05, 0) is 97.9 Å². The van der Waals surface area contributed by atoms with Crippen LogP contribution in [0.5, 0.6) is 17.2 Å². The van der Waals surface area contributed by atoms with Crippen LogP contribution < -0.4 is 58.5 Å². The standard InChI is InChI=1S/C23H30FN2O9P.2C23H31N2O10P.C9H13N3O6/c1-14(2)33-20(29)15(3)13-36(31,35-16-8-6-5-7-9-16)32-12-17-19(28)23(4,24)21(34-17)26-11-10-18(27)25-22(26)30;1-14(2)33-22(28)15(3)13-36(30,35-16-8-6-5-7-9-16)32-12-17-20(31-4)19(27)21(34-17)25-11-10-18(26)24-23(25)29;1-14(2)33-20(28)15(3)13-36(31,35-16-8-6-5-7-9-16)32-12-17-19(27)23(4,30)21(34-17)25-11-10-18(26)24-22(25)29;13-3-4-6(14)7(15)8(18-4)12-2-1-5(11-17)10-9(12)16/h5-11,14-15,17,19,21,28H,12-13H2,1-4H3,(H,25,27,30);5-11,14-15,17,19-21,27H,12-13H2,1-4H3,(H,24,26,29);5-11,14-15,17,19,21,27,30H,12-13H2,1-4H3,(H,24,26,29);1-2,4,6-8,13-15,17H,3H2,(H,10,11,16)/t15-,17-,19+,21-,23?,36?;15-,17-,19?,20+,21-,36?;15-,17-,19+,21-,23?,36?;4-,6+,7?,8-/m1111/s1. The molecule has 22 atom stereocenters. The van der Waals surface area contributed by atoms with Crippen molar-refractivity contribution in [1.82, 2.24) is 38.2 Å². The molecule has 11 rings (SSSR count). The second-order valence-corrected chi connectivity index (χ2v) is 36.7. The van der Waals surface area contributed by atoms with E-state index >= 15 is 4.39 Å². The smallest absolute Gasteiger partial charge is 0.380 e. The summed E-state index contributed by atoms with van der Waals surface area (Å²) in [7, 11) is -10.7. The molecule has 3 aromatic carbocycles. The number of methoxy groups -OCH3 is 1. The molecule has 4 fully saturated rings. The van der Waals surface area contributed by atoms with E-state index in [9.17, 15) is 92.3 Å². The van der Waals surface area contributed by atoms with Crippen LogP contribution in [0.15, 0.2) is 174 Å². The van der Waals surface area contributed by atoms with Gasteiger partial charge in [0, 0.05) is 50.1 Å². The van der Waals surface area contributed by atoms with Crippen LogP contribution in [0.4, 0.5) is 10.2 Å². The molecule has 126 heavy (non-hydrogen) atoms. The van der Waals surface area contributed by atoms with Gasteiger partial charge in [0.2, 0.25) is 0 Å². The third kappa shape index (κ3) is 27.1. The monoisotopic (exact) mass is 1840 g/mol. The fourth-order valence-electron chi connectivity index (χ4n) is 12.8. The van der Waals surface area contributed by atoms with E-state index in [0.29, 0.717) is 0 Å². The van der Waals surface area contributed by atoms with Crippen LogP contribution in [-0.4, -0.2) is 240 Å². The van der Waals surface area contributed by atoms with Gasteiger partial charge in [-0.1, -0.05) is 75.4 Å². The predicted octanol–water partition coefficient (Wildman–Crippen LogP) is 3.16. The Morgan fingerprint density at radius 3 is 1.19 bits per heavy atom. The maximum atomic E-state index is 15.4. The van der Waals surface area contributed by atoms with Crippen LogP contribution in [-0.2, 0) is 79.5 Å². The molecule has 4 aliphatic rings. The zero-order valence-corrected chi connectivity index (χ0v) is 73.0. The average molecular weight is 1840 g/mol. The third-order valence-electron chi connectivity index (χ3n) is 19.1. The number of nitrogens with zero attached hydrogens (tertiary/aromatic N) is 5. The van der Waals surface area contributed by atoms with E-state index in [1.807, 2.05) is 4.98 Å². The number of para-hydroxylation sites is 3. The molecule has 0 spiro atoms. The number of halogens is 1. The normalized spacial score (nSPS) is 26.5. The number of hydrogen-bond donors (Lipinski definition) is 12. The Hall–Kier alpha value is -9.83. The van der Waals surface area contributed by atoms with Crippen molar-refractivity contribution in [2.45, 2.75) is 192 Å². The van der Waals surface area contributed by atoms with E-state index in [2.05, 4.69) is 15.0 Å². The number of esters is 3. The number of nitrogens with one attached hydrogen (secondary N) is 4. The Labute approximate surface area is 717 Å². The van der Waals surface area contributed by atoms with Crippen molar-refractivity contribution < 1.29 is 138 Å². The van der Waals surface area contributed by atoms with E-state index in [4.69, 9.17) is 75.4 Å².